The molecule has 0 amide bonds. The van der Waals surface area contributed by atoms with Gasteiger partial charge in [-0.15, -0.1) is 0 Å². The molecular weight excluding hydrogens is 172 g/mol. The van der Waals surface area contributed by atoms with Gasteiger partial charge in [-0.05, 0) is 0 Å². The van der Waals surface area contributed by atoms with Crippen LogP contribution in [0.2, 0.25) is 0 Å². The van der Waals surface area contributed by atoms with Gasteiger partial charge in [0.2, 0.25) is 0 Å². The van der Waals surface area contributed by atoms with E-state index in [-0.39, 0.29) is 73.7 Å². The fraction of sp³-hybridized carbons (Fsp3) is 0. The van der Waals surface area contributed by atoms with Crippen molar-refractivity contribution in [3.05, 3.63) is 0 Å². The fourth-order valence-electron chi connectivity index (χ4n) is 0. The van der Waals surface area contributed by atoms with Crippen LogP contribution in [-0.2, 0) is 21.6 Å². The average Bonchev–Trinajstić information content (AvgIpc) is 0.722. The van der Waals surface area contributed by atoms with Crippen molar-refractivity contribution in [2.75, 3.05) is 0 Å². The molecule has 0 saturated heterocycles. The van der Waals surface area contributed by atoms with E-state index in [9.17, 15) is 0 Å². The summed E-state index contributed by atoms with van der Waals surface area (Å²) >= 11 is 0. The maximum absolute atomic E-state index is 8.88. The van der Waals surface area contributed by atoms with E-state index in [4.69, 9.17) is 19.2 Å². The third-order valence-electron chi connectivity index (χ3n) is 0. The van der Waals surface area contributed by atoms with Gasteiger partial charge >= 0.3 is 64.4 Å². The molecule has 0 aromatic heterocycles. The summed E-state index contributed by atoms with van der Waals surface area (Å²) in [5.41, 5.74) is 0. The Morgan fingerprint density at radius 3 is 0.889 bits per heavy atom. The van der Waals surface area contributed by atoms with Crippen LogP contribution in [0.1, 0.15) is 0 Å². The monoisotopic (exact) mass is 178 g/mol. The summed E-state index contributed by atoms with van der Waals surface area (Å²) in [5.74, 6) is 0. The molecule has 0 unspecified atom stereocenters. The molecule has 0 spiro atoms. The summed E-state index contributed by atoms with van der Waals surface area (Å²) in [7, 11) is -4.64. The Hall–Kier alpha value is 2.42. The van der Waals surface area contributed by atoms with Gasteiger partial charge in [0.1, 0.15) is 0 Å². The first-order chi connectivity index (χ1) is 2.00. The Balaban J connectivity index is -0.0000000133. The van der Waals surface area contributed by atoms with Crippen LogP contribution in [0.15, 0.2) is 0 Å². The first-order valence-electron chi connectivity index (χ1n) is 0.783. The van der Waals surface area contributed by atoms with Gasteiger partial charge in [0, 0.05) is 17.1 Å². The Morgan fingerprint density at radius 1 is 0.889 bits per heavy atom. The Morgan fingerprint density at radius 2 is 0.889 bits per heavy atom. The van der Waals surface area contributed by atoms with Crippen LogP contribution in [-0.4, -0.2) is 71.3 Å². The third-order valence-corrected chi connectivity index (χ3v) is 0. The topological polar surface area (TPSA) is 77.8 Å². The Kier molecular flexibility index (Phi) is 43.6. The van der Waals surface area contributed by atoms with Gasteiger partial charge in [-0.3, -0.25) is 0 Å². The van der Waals surface area contributed by atoms with Crippen molar-refractivity contribution in [1.82, 2.24) is 0 Å². The minimum atomic E-state index is -4.64. The standard InChI is InChI=1S/Fe.3Li.H3O4P.3H/c;;;;1-5(2,3)4;;;/h;;;;(H3,1,2,3,4);;;. The minimum absolute atomic E-state index is 0. The summed E-state index contributed by atoms with van der Waals surface area (Å²) in [6.45, 7) is 0. The van der Waals surface area contributed by atoms with Crippen LogP contribution >= 0.6 is 7.82 Å². The molecule has 0 bridgehead atoms. The zero-order valence-electron chi connectivity index (χ0n) is 2.55. The number of rotatable bonds is 0. The summed E-state index contributed by atoms with van der Waals surface area (Å²) < 4.78 is 8.88. The molecule has 46 valence electrons. The van der Waals surface area contributed by atoms with E-state index in [0.29, 0.717) is 0 Å². The molecule has 0 aromatic carbocycles. The molecule has 9 heteroatoms. The molecule has 0 saturated carbocycles. The van der Waals surface area contributed by atoms with Crippen LogP contribution in [0, 0.1) is 0 Å². The molecule has 0 radical (unpaired) electrons. The van der Waals surface area contributed by atoms with Crippen molar-refractivity contribution in [3.8, 4) is 0 Å². The summed E-state index contributed by atoms with van der Waals surface area (Å²) in [5, 5.41) is 0. The van der Waals surface area contributed by atoms with E-state index in [1.54, 1.807) is 0 Å². The summed E-state index contributed by atoms with van der Waals surface area (Å²) in [4.78, 5) is 21.6. The van der Waals surface area contributed by atoms with Crippen molar-refractivity contribution in [2.45, 2.75) is 0 Å². The SMILES string of the molecule is O=P(O)(O)O.[Fe].[LiH].[LiH].[LiH]. The van der Waals surface area contributed by atoms with Gasteiger partial charge in [-0.25, -0.2) is 4.57 Å². The van der Waals surface area contributed by atoms with E-state index < -0.39 is 7.82 Å². The van der Waals surface area contributed by atoms with Gasteiger partial charge in [0.25, 0.3) is 0 Å². The van der Waals surface area contributed by atoms with Crippen molar-refractivity contribution in [1.29, 1.82) is 0 Å². The zero-order chi connectivity index (χ0) is 4.50. The predicted octanol–water partition coefficient (Wildman–Crippen LogP) is -2.88. The van der Waals surface area contributed by atoms with E-state index in [2.05, 4.69) is 0 Å². The first-order valence-corrected chi connectivity index (χ1v) is 2.35. The fourth-order valence-corrected chi connectivity index (χ4v) is 0. The molecular formula is H6FeLi3O4P. The zero-order valence-corrected chi connectivity index (χ0v) is 4.55. The average molecular weight is 178 g/mol. The molecule has 4 nitrogen and oxygen atoms in total. The summed E-state index contributed by atoms with van der Waals surface area (Å²) in [6, 6.07) is 0. The molecule has 3 N–H and O–H groups in total. The van der Waals surface area contributed by atoms with Gasteiger partial charge in [-0.1, -0.05) is 0 Å². The van der Waals surface area contributed by atoms with E-state index in [0.717, 1.165) is 0 Å². The van der Waals surface area contributed by atoms with Crippen LogP contribution in [0.25, 0.3) is 0 Å². The molecule has 0 rings (SSSR count). The van der Waals surface area contributed by atoms with Crippen LogP contribution < -0.4 is 0 Å². The quantitative estimate of drug-likeness (QED) is 0.275. The number of hydrogen-bond donors (Lipinski definition) is 3. The van der Waals surface area contributed by atoms with Gasteiger partial charge in [0.05, 0.1) is 0 Å². The molecule has 0 atom stereocenters. The Bertz CT molecular complexity index is 61.9. The molecule has 0 aliphatic heterocycles. The molecule has 0 fully saturated rings. The normalized spacial score (nSPS) is 6.56. The van der Waals surface area contributed by atoms with Gasteiger partial charge in [-0.2, -0.15) is 0 Å². The Labute approximate surface area is 99.8 Å². The molecule has 0 aliphatic carbocycles. The summed E-state index contributed by atoms with van der Waals surface area (Å²) in [6.07, 6.45) is 0. The molecule has 9 heavy (non-hydrogen) atoms. The van der Waals surface area contributed by atoms with E-state index in [1.165, 1.54) is 0 Å². The first kappa shape index (κ1) is 30.1. The third kappa shape index (κ3) is 126. The van der Waals surface area contributed by atoms with Crippen molar-refractivity contribution >= 4 is 64.4 Å². The van der Waals surface area contributed by atoms with Crippen molar-refractivity contribution in [3.63, 3.8) is 0 Å². The van der Waals surface area contributed by atoms with Crippen LogP contribution in [0.5, 0.6) is 0 Å². The van der Waals surface area contributed by atoms with E-state index >= 15 is 0 Å². The van der Waals surface area contributed by atoms with Crippen molar-refractivity contribution < 1.29 is 36.3 Å². The van der Waals surface area contributed by atoms with E-state index in [1.807, 2.05) is 0 Å². The van der Waals surface area contributed by atoms with Crippen LogP contribution in [0.4, 0.5) is 0 Å². The number of hydrogen-bond acceptors (Lipinski definition) is 1. The molecule has 0 aromatic rings. The van der Waals surface area contributed by atoms with Crippen LogP contribution in [0.3, 0.4) is 0 Å². The second-order valence-corrected chi connectivity index (χ2v) is 1.54. The van der Waals surface area contributed by atoms with Gasteiger partial charge < -0.3 is 14.7 Å². The second-order valence-electron chi connectivity index (χ2n) is 0.513. The molecule has 0 aliphatic rings. The maximum atomic E-state index is 8.88. The number of phosphoric acid groups is 1. The van der Waals surface area contributed by atoms with Crippen molar-refractivity contribution in [2.24, 2.45) is 0 Å². The predicted molar refractivity (Wildman–Crippen MR) is 35.7 cm³/mol. The second kappa shape index (κ2) is 13.0. The molecule has 0 heterocycles. The van der Waals surface area contributed by atoms with Gasteiger partial charge in [0.15, 0.2) is 0 Å².